The van der Waals surface area contributed by atoms with Gasteiger partial charge >= 0.3 is 68.1 Å². The number of hydrogen-bond acceptors (Lipinski definition) is 2. The number of benzene rings is 1. The number of rotatable bonds is 3. The summed E-state index contributed by atoms with van der Waals surface area (Å²) in [4.78, 5) is 14.5. The van der Waals surface area contributed by atoms with E-state index in [4.69, 9.17) is 57.7 Å². The molecule has 1 atom stereocenters. The standard InChI is InChI=1S/C16H23N2O2.6ClH.Sb/c1-11(2)17-13(5)20-15(14-9-7-6-8-10-14)18(12(3)4)16(17)19;;;;;;;/h6-12,15H,1-5H3;6*1H;/q+1;;;;;;;+5/p-6. The van der Waals surface area contributed by atoms with Crippen molar-refractivity contribution < 1.29 is 14.1 Å². The number of urea groups is 1. The fraction of sp³-hybridized carbons (Fsp3) is 0.500. The van der Waals surface area contributed by atoms with E-state index in [1.165, 1.54) is 0 Å². The van der Waals surface area contributed by atoms with Crippen molar-refractivity contribution in [1.29, 1.82) is 0 Å². The number of carbonyl (C=O) groups is 1. The number of halogens is 6. The van der Waals surface area contributed by atoms with Gasteiger partial charge in [0.25, 0.3) is 12.1 Å². The van der Waals surface area contributed by atoms with Crippen molar-refractivity contribution in [2.24, 2.45) is 0 Å². The molecule has 0 saturated carbocycles. The molecule has 1 aromatic carbocycles. The van der Waals surface area contributed by atoms with Gasteiger partial charge in [-0.1, -0.05) is 30.3 Å². The van der Waals surface area contributed by atoms with Crippen LogP contribution >= 0.6 is 53.0 Å². The second-order valence-corrected chi connectivity index (χ2v) is 63.5. The van der Waals surface area contributed by atoms with E-state index in [2.05, 4.69) is 0 Å². The zero-order valence-corrected chi connectivity index (χ0v) is 22.6. The molecule has 1 heterocycles. The molecule has 1 aliphatic rings. The molecule has 27 heavy (non-hydrogen) atoms. The number of carbonyl (C=O) groups excluding carboxylic acids is 1. The molecule has 0 aromatic heterocycles. The summed E-state index contributed by atoms with van der Waals surface area (Å²) >= 11 is 0. The summed E-state index contributed by atoms with van der Waals surface area (Å²) in [7, 11) is 25.0. The summed E-state index contributed by atoms with van der Waals surface area (Å²) in [5, 5.41) is 0. The van der Waals surface area contributed by atoms with Crippen LogP contribution in [0.3, 0.4) is 0 Å². The summed E-state index contributed by atoms with van der Waals surface area (Å²) in [6.07, 6.45) is -0.348. The molecule has 1 aliphatic heterocycles. The normalized spacial score (nSPS) is 20.7. The summed E-state index contributed by atoms with van der Waals surface area (Å²) in [5.74, 6) is 0.663. The SMILES string of the molecule is CC1=[N+](C(C)C)C(=O)N(C(C)C)C(c2ccccc2)O1.[Cl][Sb-]([Cl])([Cl])([Cl])([Cl])[Cl]. The van der Waals surface area contributed by atoms with Crippen molar-refractivity contribution in [1.82, 2.24) is 4.90 Å². The zero-order chi connectivity index (χ0) is 21.3. The fourth-order valence-corrected chi connectivity index (χ4v) is 2.56. The monoisotopic (exact) mass is 606 g/mol. The van der Waals surface area contributed by atoms with Gasteiger partial charge in [0.05, 0.1) is 6.04 Å². The third kappa shape index (κ3) is 9.85. The quantitative estimate of drug-likeness (QED) is 0.270. The molecule has 1 aromatic rings. The fourth-order valence-electron chi connectivity index (χ4n) is 2.56. The van der Waals surface area contributed by atoms with Crippen molar-refractivity contribution >= 4 is 74.0 Å². The van der Waals surface area contributed by atoms with Crippen LogP contribution < -0.4 is 0 Å². The third-order valence-electron chi connectivity index (χ3n) is 3.46. The first-order valence-electron chi connectivity index (χ1n) is 8.11. The first-order chi connectivity index (χ1) is 11.9. The number of hydrogen-bond donors (Lipinski definition) is 0. The topological polar surface area (TPSA) is 32.5 Å². The van der Waals surface area contributed by atoms with Crippen molar-refractivity contribution in [3.05, 3.63) is 35.9 Å². The van der Waals surface area contributed by atoms with E-state index in [1.807, 2.05) is 65.0 Å². The van der Waals surface area contributed by atoms with Crippen LogP contribution in [0.15, 0.2) is 30.3 Å². The minimum atomic E-state index is -5.42. The van der Waals surface area contributed by atoms with Gasteiger partial charge in [0.2, 0.25) is 0 Å². The van der Waals surface area contributed by atoms with E-state index >= 15 is 0 Å². The zero-order valence-electron chi connectivity index (χ0n) is 15.5. The summed E-state index contributed by atoms with van der Waals surface area (Å²) in [5.41, 5.74) is 0.998. The van der Waals surface area contributed by atoms with Crippen molar-refractivity contribution in [3.8, 4) is 0 Å². The van der Waals surface area contributed by atoms with Crippen LogP contribution in [-0.4, -0.2) is 42.6 Å². The molecule has 11 heteroatoms. The van der Waals surface area contributed by atoms with Crippen LogP contribution in [-0.2, 0) is 4.74 Å². The molecule has 0 fully saturated rings. The molecule has 1 unspecified atom stereocenters. The molecule has 0 radical (unpaired) electrons. The van der Waals surface area contributed by atoms with Crippen LogP contribution in [0.25, 0.3) is 0 Å². The van der Waals surface area contributed by atoms with E-state index in [1.54, 1.807) is 9.48 Å². The molecule has 0 N–H and O–H groups in total. The Hall–Kier alpha value is 0.718. The predicted octanol–water partition coefficient (Wildman–Crippen LogP) is 7.14. The molecule has 156 valence electrons. The van der Waals surface area contributed by atoms with E-state index < -0.39 is 9.14 Å². The molecule has 2 rings (SSSR count). The van der Waals surface area contributed by atoms with E-state index in [0.717, 1.165) is 5.56 Å². The second kappa shape index (κ2) is 8.45. The van der Waals surface area contributed by atoms with Gasteiger partial charge in [-0.05, 0) is 27.7 Å². The van der Waals surface area contributed by atoms with E-state index in [0.29, 0.717) is 5.90 Å². The first-order valence-corrected chi connectivity index (χ1v) is 27.5. The number of amides is 2. The third-order valence-corrected chi connectivity index (χ3v) is 3.46. The molecule has 0 bridgehead atoms. The van der Waals surface area contributed by atoms with Gasteiger partial charge in [0, 0.05) is 12.5 Å². The average molecular weight is 610 g/mol. The maximum atomic E-state index is 12.8. The van der Waals surface area contributed by atoms with Crippen LogP contribution in [0.5, 0.6) is 0 Å². The first kappa shape index (κ1) is 25.8. The summed E-state index contributed by atoms with van der Waals surface area (Å²) < 4.78 is 7.75. The average Bonchev–Trinajstić information content (AvgIpc) is 2.43. The molecule has 2 amide bonds. The van der Waals surface area contributed by atoms with Crippen molar-refractivity contribution in [3.63, 3.8) is 0 Å². The van der Waals surface area contributed by atoms with E-state index in [9.17, 15) is 4.79 Å². The summed E-state index contributed by atoms with van der Waals surface area (Å²) in [6, 6.07) is 10.0. The summed E-state index contributed by atoms with van der Waals surface area (Å²) in [6.45, 7) is 9.86. The van der Waals surface area contributed by atoms with Crippen molar-refractivity contribution in [2.75, 3.05) is 0 Å². The van der Waals surface area contributed by atoms with Gasteiger partial charge in [0.1, 0.15) is 6.04 Å². The van der Waals surface area contributed by atoms with Crippen LogP contribution in [0.2, 0.25) is 0 Å². The molecule has 0 spiro atoms. The Kier molecular flexibility index (Phi) is 8.06. The Bertz CT molecular complexity index is 706. The molecule has 0 aliphatic carbocycles. The van der Waals surface area contributed by atoms with Gasteiger partial charge in [-0.15, -0.1) is 0 Å². The maximum absolute atomic E-state index is 12.8. The Morgan fingerprint density at radius 2 is 1.44 bits per heavy atom. The van der Waals surface area contributed by atoms with Gasteiger partial charge in [-0.25, -0.2) is 0 Å². The van der Waals surface area contributed by atoms with Gasteiger partial charge in [-0.2, -0.15) is 14.3 Å². The minimum absolute atomic E-state index is 0.00704. The Labute approximate surface area is 180 Å². The number of nitrogens with zero attached hydrogens (tertiary/aromatic N) is 2. The molecular weight excluding hydrogens is 587 g/mol. The van der Waals surface area contributed by atoms with Gasteiger partial charge in [-0.3, -0.25) is 0 Å². The van der Waals surface area contributed by atoms with Crippen molar-refractivity contribution in [2.45, 2.75) is 52.9 Å². The van der Waals surface area contributed by atoms with Crippen LogP contribution in [0.1, 0.15) is 46.4 Å². The Morgan fingerprint density at radius 1 is 1.00 bits per heavy atom. The molecule has 0 saturated heterocycles. The Morgan fingerprint density at radius 3 is 1.81 bits per heavy atom. The van der Waals surface area contributed by atoms with Crippen LogP contribution in [0, 0.1) is 0 Å². The van der Waals surface area contributed by atoms with Gasteiger partial charge < -0.3 is 4.74 Å². The predicted molar refractivity (Wildman–Crippen MR) is 120 cm³/mol. The van der Waals surface area contributed by atoms with Crippen LogP contribution in [0.4, 0.5) is 4.79 Å². The van der Waals surface area contributed by atoms with Gasteiger partial charge in [0.15, 0.2) is 0 Å². The van der Waals surface area contributed by atoms with E-state index in [-0.39, 0.29) is 24.3 Å². The number of ether oxygens (including phenoxy) is 1. The molecule has 4 nitrogen and oxygen atoms in total. The second-order valence-electron chi connectivity index (χ2n) is 6.61. The Balaban J connectivity index is 0.000000445. The molecular formula is C16H23Cl6N2O2Sb.